The molecule has 0 bridgehead atoms. The number of rotatable bonds is 5. The summed E-state index contributed by atoms with van der Waals surface area (Å²) in [5.74, 6) is 0.717. The lowest BCUT2D eigenvalue weighted by Gasteiger charge is -2.13. The molecule has 15 heavy (non-hydrogen) atoms. The summed E-state index contributed by atoms with van der Waals surface area (Å²) in [5, 5.41) is 3.26. The molecule has 4 heteroatoms. The van der Waals surface area contributed by atoms with Crippen molar-refractivity contribution in [1.29, 1.82) is 0 Å². The van der Waals surface area contributed by atoms with E-state index in [2.05, 4.69) is 33.2 Å². The average molecular weight is 273 g/mol. The van der Waals surface area contributed by atoms with Crippen LogP contribution in [0.3, 0.4) is 0 Å². The van der Waals surface area contributed by atoms with Crippen LogP contribution >= 0.6 is 15.9 Å². The van der Waals surface area contributed by atoms with Gasteiger partial charge in [0.1, 0.15) is 0 Å². The summed E-state index contributed by atoms with van der Waals surface area (Å²) in [6.45, 7) is 7.80. The topological polar surface area (TPSA) is 34.2 Å². The molecule has 0 unspecified atom stereocenters. The van der Waals surface area contributed by atoms with E-state index >= 15 is 0 Å². The van der Waals surface area contributed by atoms with Crippen LogP contribution in [0.1, 0.15) is 26.3 Å². The van der Waals surface area contributed by atoms with Crippen LogP contribution in [0.2, 0.25) is 0 Å². The van der Waals surface area contributed by atoms with E-state index < -0.39 is 0 Å². The zero-order chi connectivity index (χ0) is 11.3. The van der Waals surface area contributed by atoms with Crippen molar-refractivity contribution in [2.75, 3.05) is 6.54 Å². The fourth-order valence-corrected chi connectivity index (χ4v) is 1.56. The minimum Gasteiger partial charge on any atom is -0.475 e. The fourth-order valence-electron chi connectivity index (χ4n) is 1.18. The van der Waals surface area contributed by atoms with Gasteiger partial charge in [-0.15, -0.1) is 0 Å². The molecule has 84 valence electrons. The molecule has 1 aromatic heterocycles. The Morgan fingerprint density at radius 1 is 1.53 bits per heavy atom. The van der Waals surface area contributed by atoms with Crippen LogP contribution in [-0.4, -0.2) is 17.6 Å². The lowest BCUT2D eigenvalue weighted by atomic mass is 10.2. The van der Waals surface area contributed by atoms with Gasteiger partial charge in [-0.3, -0.25) is 0 Å². The molecule has 0 aromatic carbocycles. The standard InChI is InChI=1S/C11H17BrN2O/c1-4-13-6-9-5-10(12)7-14-11(9)15-8(2)3/h5,7-8,13H,4,6H2,1-3H3. The van der Waals surface area contributed by atoms with E-state index in [0.717, 1.165) is 23.1 Å². The zero-order valence-corrected chi connectivity index (χ0v) is 11.0. The number of nitrogens with one attached hydrogen (secondary N) is 1. The number of nitrogens with zero attached hydrogens (tertiary/aromatic N) is 1. The average Bonchev–Trinajstić information content (AvgIpc) is 2.18. The molecular formula is C11H17BrN2O. The van der Waals surface area contributed by atoms with Gasteiger partial charge in [-0.2, -0.15) is 0 Å². The second kappa shape index (κ2) is 6.08. The first-order valence-corrected chi connectivity index (χ1v) is 5.94. The number of ether oxygens (including phenoxy) is 1. The van der Waals surface area contributed by atoms with Crippen LogP contribution in [0.4, 0.5) is 0 Å². The third-order valence-electron chi connectivity index (χ3n) is 1.80. The highest BCUT2D eigenvalue weighted by Crippen LogP contribution is 2.20. The van der Waals surface area contributed by atoms with Gasteiger partial charge >= 0.3 is 0 Å². The maximum Gasteiger partial charge on any atom is 0.218 e. The summed E-state index contributed by atoms with van der Waals surface area (Å²) in [4.78, 5) is 4.26. The van der Waals surface area contributed by atoms with Crippen LogP contribution in [0.25, 0.3) is 0 Å². The van der Waals surface area contributed by atoms with Gasteiger partial charge in [0.15, 0.2) is 0 Å². The first-order chi connectivity index (χ1) is 7.13. The van der Waals surface area contributed by atoms with Gasteiger partial charge in [0.05, 0.1) is 6.10 Å². The Labute approximate surface area is 99.4 Å². The van der Waals surface area contributed by atoms with Crippen LogP contribution in [0, 0.1) is 0 Å². The molecule has 0 aliphatic carbocycles. The van der Waals surface area contributed by atoms with Crippen molar-refractivity contribution < 1.29 is 4.74 Å². The van der Waals surface area contributed by atoms with Crippen LogP contribution < -0.4 is 10.1 Å². The molecule has 1 rings (SSSR count). The van der Waals surface area contributed by atoms with E-state index in [4.69, 9.17) is 4.74 Å². The lowest BCUT2D eigenvalue weighted by molar-refractivity contribution is 0.229. The number of pyridine rings is 1. The largest absolute Gasteiger partial charge is 0.475 e. The summed E-state index contributed by atoms with van der Waals surface area (Å²) in [5.41, 5.74) is 1.08. The van der Waals surface area contributed by atoms with E-state index in [1.165, 1.54) is 0 Å². The van der Waals surface area contributed by atoms with Crippen molar-refractivity contribution in [3.63, 3.8) is 0 Å². The molecule has 3 nitrogen and oxygen atoms in total. The first kappa shape index (κ1) is 12.5. The highest BCUT2D eigenvalue weighted by Gasteiger charge is 2.07. The molecule has 0 saturated heterocycles. The second-order valence-corrected chi connectivity index (χ2v) is 4.48. The van der Waals surface area contributed by atoms with Gasteiger partial charge in [0, 0.05) is 22.8 Å². The molecule has 1 aromatic rings. The molecule has 0 amide bonds. The van der Waals surface area contributed by atoms with Crippen molar-refractivity contribution in [3.8, 4) is 5.88 Å². The predicted octanol–water partition coefficient (Wildman–Crippen LogP) is 2.74. The van der Waals surface area contributed by atoms with Gasteiger partial charge < -0.3 is 10.1 Å². The van der Waals surface area contributed by atoms with Crippen molar-refractivity contribution in [1.82, 2.24) is 10.3 Å². The Hall–Kier alpha value is -0.610. The molecule has 0 atom stereocenters. The van der Waals surface area contributed by atoms with Crippen molar-refractivity contribution in [2.24, 2.45) is 0 Å². The molecule has 0 fully saturated rings. The summed E-state index contributed by atoms with van der Waals surface area (Å²) in [6.07, 6.45) is 1.91. The number of hydrogen-bond acceptors (Lipinski definition) is 3. The van der Waals surface area contributed by atoms with Crippen molar-refractivity contribution in [2.45, 2.75) is 33.4 Å². The van der Waals surface area contributed by atoms with Crippen molar-refractivity contribution in [3.05, 3.63) is 22.3 Å². The Morgan fingerprint density at radius 3 is 2.87 bits per heavy atom. The minimum absolute atomic E-state index is 0.152. The molecule has 0 aliphatic rings. The maximum atomic E-state index is 5.63. The predicted molar refractivity (Wildman–Crippen MR) is 65.1 cm³/mol. The van der Waals surface area contributed by atoms with E-state index in [9.17, 15) is 0 Å². The Bertz CT molecular complexity index is 315. The molecule has 1 N–H and O–H groups in total. The normalized spacial score (nSPS) is 10.7. The van der Waals surface area contributed by atoms with Gasteiger partial charge in [-0.25, -0.2) is 4.98 Å². The highest BCUT2D eigenvalue weighted by atomic mass is 79.9. The number of hydrogen-bond donors (Lipinski definition) is 1. The molecule has 0 aliphatic heterocycles. The summed E-state index contributed by atoms with van der Waals surface area (Å²) in [7, 11) is 0. The van der Waals surface area contributed by atoms with Gasteiger partial charge in [0.25, 0.3) is 0 Å². The van der Waals surface area contributed by atoms with E-state index in [1.807, 2.05) is 19.9 Å². The molecular weight excluding hydrogens is 256 g/mol. The van der Waals surface area contributed by atoms with E-state index in [-0.39, 0.29) is 6.10 Å². The second-order valence-electron chi connectivity index (χ2n) is 3.56. The Balaban J connectivity index is 2.82. The van der Waals surface area contributed by atoms with E-state index in [0.29, 0.717) is 5.88 Å². The summed E-state index contributed by atoms with van der Waals surface area (Å²) < 4.78 is 6.60. The first-order valence-electron chi connectivity index (χ1n) is 5.15. The van der Waals surface area contributed by atoms with Crippen LogP contribution in [-0.2, 0) is 6.54 Å². The molecule has 1 heterocycles. The quantitative estimate of drug-likeness (QED) is 0.895. The Kier molecular flexibility index (Phi) is 5.05. The minimum atomic E-state index is 0.152. The SMILES string of the molecule is CCNCc1cc(Br)cnc1OC(C)C. The molecule has 0 radical (unpaired) electrons. The fraction of sp³-hybridized carbons (Fsp3) is 0.545. The van der Waals surface area contributed by atoms with Gasteiger partial charge in [-0.05, 0) is 42.4 Å². The molecule has 0 spiro atoms. The summed E-state index contributed by atoms with van der Waals surface area (Å²) in [6, 6.07) is 2.04. The van der Waals surface area contributed by atoms with Crippen molar-refractivity contribution >= 4 is 15.9 Å². The summed E-state index contributed by atoms with van der Waals surface area (Å²) >= 11 is 3.41. The third-order valence-corrected chi connectivity index (χ3v) is 2.24. The number of aromatic nitrogens is 1. The zero-order valence-electron chi connectivity index (χ0n) is 9.38. The smallest absolute Gasteiger partial charge is 0.218 e. The highest BCUT2D eigenvalue weighted by molar-refractivity contribution is 9.10. The molecule has 0 saturated carbocycles. The lowest BCUT2D eigenvalue weighted by Crippen LogP contribution is -2.15. The van der Waals surface area contributed by atoms with Gasteiger partial charge in [0.2, 0.25) is 5.88 Å². The van der Waals surface area contributed by atoms with Crippen LogP contribution in [0.15, 0.2) is 16.7 Å². The van der Waals surface area contributed by atoms with E-state index in [1.54, 1.807) is 6.20 Å². The third kappa shape index (κ3) is 4.18. The number of halogens is 1. The van der Waals surface area contributed by atoms with Gasteiger partial charge in [-0.1, -0.05) is 6.92 Å². The Morgan fingerprint density at radius 2 is 2.27 bits per heavy atom. The monoisotopic (exact) mass is 272 g/mol. The van der Waals surface area contributed by atoms with Crippen LogP contribution in [0.5, 0.6) is 5.88 Å². The maximum absolute atomic E-state index is 5.63.